The summed E-state index contributed by atoms with van der Waals surface area (Å²) in [5.41, 5.74) is 0.808. The van der Waals surface area contributed by atoms with Crippen LogP contribution in [0.1, 0.15) is 37.0 Å². The minimum absolute atomic E-state index is 0.0535. The van der Waals surface area contributed by atoms with Crippen LogP contribution in [0.25, 0.3) is 0 Å². The normalized spacial score (nSPS) is 13.3. The molecule has 3 heteroatoms. The lowest BCUT2D eigenvalue weighted by Crippen LogP contribution is -2.03. The number of ketones is 1. The van der Waals surface area contributed by atoms with Gasteiger partial charge in [-0.1, -0.05) is 32.1 Å². The highest BCUT2D eigenvalue weighted by molar-refractivity contribution is 6.12. The Hall–Kier alpha value is -2.03. The van der Waals surface area contributed by atoms with Gasteiger partial charge in [-0.2, -0.15) is 0 Å². The van der Waals surface area contributed by atoms with E-state index in [1.165, 1.54) is 18.2 Å². The minimum atomic E-state index is -0.214. The molecular formula is C15H18O3. The van der Waals surface area contributed by atoms with Crippen molar-refractivity contribution in [3.63, 3.8) is 0 Å². The number of allylic oxidation sites excluding steroid dienone is 4. The molecule has 1 aliphatic rings. The van der Waals surface area contributed by atoms with Crippen molar-refractivity contribution in [1.82, 2.24) is 0 Å². The summed E-state index contributed by atoms with van der Waals surface area (Å²) in [5, 5.41) is 18.7. The number of carbonyl (C=O) groups is 1. The first-order valence-corrected chi connectivity index (χ1v) is 6.12. The Morgan fingerprint density at radius 3 is 2.44 bits per heavy atom. The highest BCUT2D eigenvalue weighted by Crippen LogP contribution is 2.26. The molecule has 0 aromatic heterocycles. The first-order chi connectivity index (χ1) is 8.68. The fourth-order valence-electron chi connectivity index (χ4n) is 1.65. The van der Waals surface area contributed by atoms with E-state index in [4.69, 9.17) is 5.11 Å². The molecule has 18 heavy (non-hydrogen) atoms. The zero-order chi connectivity index (χ0) is 13.5. The molecule has 0 amide bonds. The van der Waals surface area contributed by atoms with Crippen molar-refractivity contribution in [2.24, 2.45) is 0 Å². The van der Waals surface area contributed by atoms with Crippen LogP contribution in [-0.4, -0.2) is 16.0 Å². The quantitative estimate of drug-likeness (QED) is 0.784. The number of benzene rings is 1. The van der Waals surface area contributed by atoms with Gasteiger partial charge in [-0.25, -0.2) is 0 Å². The number of aromatic hydroxyl groups is 2. The standard InChI is InChI=1S/C13H12O3.C2H6/c14-10-6-7-11(12(15)8-10)13(16)9-4-2-1-3-5-9;1-2/h2,4-8,14-15H,1,3H2;1-2H3. The lowest BCUT2D eigenvalue weighted by molar-refractivity contribution is 0.103. The molecule has 2 N–H and O–H groups in total. The van der Waals surface area contributed by atoms with Gasteiger partial charge in [-0.05, 0) is 25.0 Å². The molecule has 0 bridgehead atoms. The molecule has 2 rings (SSSR count). The maximum absolute atomic E-state index is 12.0. The lowest BCUT2D eigenvalue weighted by atomic mass is 9.98. The van der Waals surface area contributed by atoms with E-state index in [0.717, 1.165) is 12.8 Å². The van der Waals surface area contributed by atoms with Crippen molar-refractivity contribution in [1.29, 1.82) is 0 Å². The molecule has 0 saturated carbocycles. The number of rotatable bonds is 2. The van der Waals surface area contributed by atoms with Gasteiger partial charge < -0.3 is 10.2 Å². The number of carbonyl (C=O) groups excluding carboxylic acids is 1. The molecule has 0 saturated heterocycles. The van der Waals surface area contributed by atoms with Crippen LogP contribution in [0.2, 0.25) is 0 Å². The average molecular weight is 246 g/mol. The van der Waals surface area contributed by atoms with E-state index in [1.807, 2.05) is 26.0 Å². The molecule has 0 fully saturated rings. The Morgan fingerprint density at radius 2 is 1.89 bits per heavy atom. The van der Waals surface area contributed by atoms with Crippen molar-refractivity contribution >= 4 is 5.78 Å². The molecular weight excluding hydrogens is 228 g/mol. The predicted molar refractivity (Wildman–Crippen MR) is 71.9 cm³/mol. The Balaban J connectivity index is 0.000000771. The zero-order valence-corrected chi connectivity index (χ0v) is 10.7. The molecule has 1 aromatic rings. The van der Waals surface area contributed by atoms with E-state index in [1.54, 1.807) is 6.08 Å². The highest BCUT2D eigenvalue weighted by atomic mass is 16.3. The second kappa shape index (κ2) is 6.64. The summed E-state index contributed by atoms with van der Waals surface area (Å²) in [6, 6.07) is 3.98. The maximum atomic E-state index is 12.0. The smallest absolute Gasteiger partial charge is 0.196 e. The van der Waals surface area contributed by atoms with Gasteiger partial charge in [-0.15, -0.1) is 0 Å². The SMILES string of the molecule is CC.O=C(C1=CCCC=C1)c1ccc(O)cc1O. The van der Waals surface area contributed by atoms with E-state index < -0.39 is 0 Å². The first kappa shape index (κ1) is 14.0. The number of phenolic OH excluding ortho intramolecular Hbond substituents is 2. The lowest BCUT2D eigenvalue weighted by Gasteiger charge is -2.07. The topological polar surface area (TPSA) is 57.5 Å². The second-order valence-corrected chi connectivity index (χ2v) is 3.67. The molecule has 1 aromatic carbocycles. The number of Topliss-reactive ketones (excluding diaryl/α,β-unsaturated/α-hetero) is 1. The molecule has 0 atom stereocenters. The largest absolute Gasteiger partial charge is 0.508 e. The zero-order valence-electron chi connectivity index (χ0n) is 10.7. The van der Waals surface area contributed by atoms with Crippen LogP contribution >= 0.6 is 0 Å². The second-order valence-electron chi connectivity index (χ2n) is 3.67. The van der Waals surface area contributed by atoms with Crippen molar-refractivity contribution < 1.29 is 15.0 Å². The third kappa shape index (κ3) is 3.23. The van der Waals surface area contributed by atoms with E-state index in [9.17, 15) is 9.90 Å². The van der Waals surface area contributed by atoms with Crippen LogP contribution in [0.15, 0.2) is 42.0 Å². The van der Waals surface area contributed by atoms with E-state index in [0.29, 0.717) is 5.57 Å². The maximum Gasteiger partial charge on any atom is 0.196 e. The fourth-order valence-corrected chi connectivity index (χ4v) is 1.65. The molecule has 0 unspecified atom stereocenters. The Labute approximate surface area is 107 Å². The molecule has 96 valence electrons. The Morgan fingerprint density at radius 1 is 1.17 bits per heavy atom. The van der Waals surface area contributed by atoms with Crippen molar-refractivity contribution in [2.45, 2.75) is 26.7 Å². The summed E-state index contributed by atoms with van der Waals surface area (Å²) in [6.45, 7) is 4.00. The Kier molecular flexibility index (Phi) is 5.18. The van der Waals surface area contributed by atoms with Crippen LogP contribution in [-0.2, 0) is 0 Å². The van der Waals surface area contributed by atoms with Gasteiger partial charge in [0.25, 0.3) is 0 Å². The van der Waals surface area contributed by atoms with Gasteiger partial charge in [0.05, 0.1) is 5.56 Å². The van der Waals surface area contributed by atoms with E-state index >= 15 is 0 Å². The molecule has 0 heterocycles. The third-order valence-corrected chi connectivity index (χ3v) is 2.48. The fraction of sp³-hybridized carbons (Fsp3) is 0.267. The monoisotopic (exact) mass is 246 g/mol. The average Bonchev–Trinajstić information content (AvgIpc) is 2.41. The summed E-state index contributed by atoms with van der Waals surface area (Å²) >= 11 is 0. The van der Waals surface area contributed by atoms with Crippen LogP contribution < -0.4 is 0 Å². The summed E-state index contributed by atoms with van der Waals surface area (Å²) < 4.78 is 0. The van der Waals surface area contributed by atoms with Crippen LogP contribution in [0.3, 0.4) is 0 Å². The van der Waals surface area contributed by atoms with Crippen molar-refractivity contribution in [3.05, 3.63) is 47.6 Å². The number of phenols is 2. The van der Waals surface area contributed by atoms with Crippen LogP contribution in [0, 0.1) is 0 Å². The molecule has 0 spiro atoms. The molecule has 0 radical (unpaired) electrons. The van der Waals surface area contributed by atoms with Crippen LogP contribution in [0.4, 0.5) is 0 Å². The Bertz CT molecular complexity index is 485. The van der Waals surface area contributed by atoms with Crippen molar-refractivity contribution in [2.75, 3.05) is 0 Å². The van der Waals surface area contributed by atoms with Crippen molar-refractivity contribution in [3.8, 4) is 11.5 Å². The predicted octanol–water partition coefficient (Wildman–Crippen LogP) is 3.58. The summed E-state index contributed by atoms with van der Waals surface area (Å²) in [5.74, 6) is -0.458. The first-order valence-electron chi connectivity index (χ1n) is 6.12. The van der Waals surface area contributed by atoms with Gasteiger partial charge in [0.15, 0.2) is 5.78 Å². The molecule has 0 aliphatic heterocycles. The van der Waals surface area contributed by atoms with Gasteiger partial charge in [0.1, 0.15) is 11.5 Å². The highest BCUT2D eigenvalue weighted by Gasteiger charge is 2.15. The molecule has 3 nitrogen and oxygen atoms in total. The minimum Gasteiger partial charge on any atom is -0.508 e. The summed E-state index contributed by atoms with van der Waals surface area (Å²) in [4.78, 5) is 12.0. The van der Waals surface area contributed by atoms with E-state index in [-0.39, 0.29) is 22.8 Å². The molecule has 1 aliphatic carbocycles. The van der Waals surface area contributed by atoms with Gasteiger partial charge in [-0.3, -0.25) is 4.79 Å². The van der Waals surface area contributed by atoms with Gasteiger partial charge in [0, 0.05) is 11.6 Å². The van der Waals surface area contributed by atoms with Crippen LogP contribution in [0.5, 0.6) is 11.5 Å². The van der Waals surface area contributed by atoms with Gasteiger partial charge in [0.2, 0.25) is 0 Å². The number of hydrogen-bond acceptors (Lipinski definition) is 3. The van der Waals surface area contributed by atoms with E-state index in [2.05, 4.69) is 0 Å². The summed E-state index contributed by atoms with van der Waals surface area (Å²) in [6.07, 6.45) is 7.34. The number of hydrogen-bond donors (Lipinski definition) is 2. The third-order valence-electron chi connectivity index (χ3n) is 2.48. The van der Waals surface area contributed by atoms with Gasteiger partial charge >= 0.3 is 0 Å². The summed E-state index contributed by atoms with van der Waals surface area (Å²) in [7, 11) is 0.